The number of hydrogen-bond donors (Lipinski definition) is 1. The van der Waals surface area contributed by atoms with E-state index in [1.54, 1.807) is 25.3 Å². The van der Waals surface area contributed by atoms with Crippen molar-refractivity contribution in [3.05, 3.63) is 23.9 Å². The number of esters is 1. The Bertz CT molecular complexity index is 422. The van der Waals surface area contributed by atoms with Crippen molar-refractivity contribution in [2.45, 2.75) is 11.9 Å². The maximum atomic E-state index is 11.4. The summed E-state index contributed by atoms with van der Waals surface area (Å²) in [6, 6.07) is 3.24. The number of carboxylic acids is 1. The summed E-state index contributed by atoms with van der Waals surface area (Å²) >= 11 is 1.23. The summed E-state index contributed by atoms with van der Waals surface area (Å²) in [4.78, 5) is 26.1. The SMILES string of the molecule is COC(=O)c1cccnc1SCC(C)C(=O)O. The Morgan fingerprint density at radius 2 is 2.29 bits per heavy atom. The van der Waals surface area contributed by atoms with Crippen LogP contribution in [0.1, 0.15) is 17.3 Å². The van der Waals surface area contributed by atoms with Gasteiger partial charge in [-0.25, -0.2) is 9.78 Å². The lowest BCUT2D eigenvalue weighted by Gasteiger charge is -2.08. The minimum Gasteiger partial charge on any atom is -0.481 e. The fraction of sp³-hybridized carbons (Fsp3) is 0.364. The van der Waals surface area contributed by atoms with Crippen LogP contribution in [0.5, 0.6) is 0 Å². The molecule has 0 fully saturated rings. The third-order valence-corrected chi connectivity index (χ3v) is 3.33. The predicted molar refractivity (Wildman–Crippen MR) is 63.1 cm³/mol. The largest absolute Gasteiger partial charge is 0.481 e. The van der Waals surface area contributed by atoms with Crippen LogP contribution >= 0.6 is 11.8 Å². The van der Waals surface area contributed by atoms with E-state index in [1.165, 1.54) is 18.9 Å². The minimum atomic E-state index is -0.868. The highest BCUT2D eigenvalue weighted by Crippen LogP contribution is 2.22. The molecule has 0 radical (unpaired) electrons. The average molecular weight is 255 g/mol. The number of carboxylic acid groups (broad SMARTS) is 1. The van der Waals surface area contributed by atoms with Crippen molar-refractivity contribution < 1.29 is 19.4 Å². The third kappa shape index (κ3) is 3.74. The van der Waals surface area contributed by atoms with Crippen LogP contribution in [0.2, 0.25) is 0 Å². The molecule has 1 heterocycles. The normalized spacial score (nSPS) is 11.9. The van der Waals surface area contributed by atoms with Crippen LogP contribution in [-0.2, 0) is 9.53 Å². The highest BCUT2D eigenvalue weighted by atomic mass is 32.2. The van der Waals surface area contributed by atoms with E-state index in [1.807, 2.05) is 0 Å². The lowest BCUT2D eigenvalue weighted by Crippen LogP contribution is -2.12. The number of ether oxygens (including phenoxy) is 1. The van der Waals surface area contributed by atoms with Gasteiger partial charge in [0.05, 0.1) is 18.6 Å². The van der Waals surface area contributed by atoms with E-state index in [4.69, 9.17) is 5.11 Å². The molecule has 1 unspecified atom stereocenters. The van der Waals surface area contributed by atoms with E-state index in [9.17, 15) is 9.59 Å². The second-order valence-electron chi connectivity index (χ2n) is 3.40. The molecule has 6 heteroatoms. The Morgan fingerprint density at radius 3 is 2.88 bits per heavy atom. The lowest BCUT2D eigenvalue weighted by molar-refractivity contribution is -0.140. The van der Waals surface area contributed by atoms with E-state index in [-0.39, 0.29) is 0 Å². The molecule has 0 amide bonds. The maximum Gasteiger partial charge on any atom is 0.340 e. The molecule has 0 saturated carbocycles. The number of thioether (sulfide) groups is 1. The van der Waals surface area contributed by atoms with Gasteiger partial charge in [0.15, 0.2) is 0 Å². The van der Waals surface area contributed by atoms with Gasteiger partial charge in [-0.15, -0.1) is 11.8 Å². The monoisotopic (exact) mass is 255 g/mol. The van der Waals surface area contributed by atoms with Gasteiger partial charge in [0.2, 0.25) is 0 Å². The Balaban J connectivity index is 2.77. The van der Waals surface area contributed by atoms with Gasteiger partial charge in [-0.05, 0) is 12.1 Å². The highest BCUT2D eigenvalue weighted by molar-refractivity contribution is 7.99. The molecule has 1 aromatic heterocycles. The van der Waals surface area contributed by atoms with Crippen molar-refractivity contribution in [1.82, 2.24) is 4.98 Å². The van der Waals surface area contributed by atoms with Gasteiger partial charge in [0.25, 0.3) is 0 Å². The van der Waals surface area contributed by atoms with E-state index in [2.05, 4.69) is 9.72 Å². The first-order valence-electron chi connectivity index (χ1n) is 4.95. The number of carbonyl (C=O) groups is 2. The van der Waals surface area contributed by atoms with Crippen molar-refractivity contribution in [3.8, 4) is 0 Å². The molecule has 0 saturated heterocycles. The Labute approximate surface area is 103 Å². The molecular weight excluding hydrogens is 242 g/mol. The number of methoxy groups -OCH3 is 1. The molecule has 0 aliphatic heterocycles. The number of nitrogens with zero attached hydrogens (tertiary/aromatic N) is 1. The summed E-state index contributed by atoms with van der Waals surface area (Å²) in [6.45, 7) is 1.61. The second-order valence-corrected chi connectivity index (χ2v) is 4.41. The molecule has 17 heavy (non-hydrogen) atoms. The number of aromatic nitrogens is 1. The maximum absolute atomic E-state index is 11.4. The van der Waals surface area contributed by atoms with Gasteiger partial charge in [-0.1, -0.05) is 6.92 Å². The van der Waals surface area contributed by atoms with E-state index >= 15 is 0 Å². The van der Waals surface area contributed by atoms with Gasteiger partial charge in [-0.2, -0.15) is 0 Å². The zero-order chi connectivity index (χ0) is 12.8. The molecule has 5 nitrogen and oxygen atoms in total. The van der Waals surface area contributed by atoms with Gasteiger partial charge < -0.3 is 9.84 Å². The topological polar surface area (TPSA) is 76.5 Å². The summed E-state index contributed by atoms with van der Waals surface area (Å²) < 4.78 is 4.62. The summed E-state index contributed by atoms with van der Waals surface area (Å²) in [7, 11) is 1.30. The van der Waals surface area contributed by atoms with Crippen LogP contribution in [0, 0.1) is 5.92 Å². The molecule has 0 aliphatic carbocycles. The zero-order valence-corrected chi connectivity index (χ0v) is 10.4. The third-order valence-electron chi connectivity index (χ3n) is 2.07. The fourth-order valence-corrected chi connectivity index (χ4v) is 2.04. The molecule has 1 rings (SSSR count). The highest BCUT2D eigenvalue weighted by Gasteiger charge is 2.16. The second kappa shape index (κ2) is 6.24. The molecule has 1 atom stereocenters. The summed E-state index contributed by atoms with van der Waals surface area (Å²) in [5, 5.41) is 9.25. The van der Waals surface area contributed by atoms with Gasteiger partial charge in [-0.3, -0.25) is 4.79 Å². The molecule has 0 aliphatic rings. The van der Waals surface area contributed by atoms with Crippen LogP contribution in [0.15, 0.2) is 23.4 Å². The van der Waals surface area contributed by atoms with Gasteiger partial charge in [0.1, 0.15) is 5.03 Å². The lowest BCUT2D eigenvalue weighted by atomic mass is 10.2. The van der Waals surface area contributed by atoms with Gasteiger partial charge >= 0.3 is 11.9 Å². The average Bonchev–Trinajstić information content (AvgIpc) is 2.35. The molecular formula is C11H13NO4S. The molecule has 0 bridgehead atoms. The smallest absolute Gasteiger partial charge is 0.340 e. The van der Waals surface area contributed by atoms with E-state index < -0.39 is 17.9 Å². The van der Waals surface area contributed by atoms with Crippen LogP contribution in [-0.4, -0.2) is 34.9 Å². The molecule has 1 aromatic rings. The van der Waals surface area contributed by atoms with Gasteiger partial charge in [0, 0.05) is 11.9 Å². The minimum absolute atomic E-state index is 0.357. The van der Waals surface area contributed by atoms with E-state index in [0.29, 0.717) is 16.3 Å². The van der Waals surface area contributed by atoms with Crippen LogP contribution in [0.3, 0.4) is 0 Å². The van der Waals surface area contributed by atoms with E-state index in [0.717, 1.165) is 0 Å². The Morgan fingerprint density at radius 1 is 1.59 bits per heavy atom. The van der Waals surface area contributed by atoms with Crippen LogP contribution in [0.25, 0.3) is 0 Å². The van der Waals surface area contributed by atoms with Crippen molar-refractivity contribution in [3.63, 3.8) is 0 Å². The zero-order valence-electron chi connectivity index (χ0n) is 9.54. The first kappa shape index (κ1) is 13.5. The molecule has 92 valence electrons. The van der Waals surface area contributed by atoms with Crippen molar-refractivity contribution >= 4 is 23.7 Å². The summed E-state index contributed by atoms with van der Waals surface area (Å²) in [5.41, 5.74) is 0.359. The summed E-state index contributed by atoms with van der Waals surface area (Å²) in [6.07, 6.45) is 1.56. The predicted octanol–water partition coefficient (Wildman–Crippen LogP) is 1.68. The van der Waals surface area contributed by atoms with Crippen molar-refractivity contribution in [1.29, 1.82) is 0 Å². The Kier molecular flexibility index (Phi) is 4.96. The number of hydrogen-bond acceptors (Lipinski definition) is 5. The van der Waals surface area contributed by atoms with Crippen LogP contribution < -0.4 is 0 Å². The fourth-order valence-electron chi connectivity index (χ4n) is 1.05. The number of pyridine rings is 1. The number of carbonyl (C=O) groups excluding carboxylic acids is 1. The first-order valence-corrected chi connectivity index (χ1v) is 5.93. The first-order chi connectivity index (χ1) is 8.06. The summed E-state index contributed by atoms with van der Waals surface area (Å²) in [5.74, 6) is -1.47. The van der Waals surface area contributed by atoms with Crippen molar-refractivity contribution in [2.24, 2.45) is 5.92 Å². The Hall–Kier alpha value is -1.56. The molecule has 0 spiro atoms. The quantitative estimate of drug-likeness (QED) is 0.637. The van der Waals surface area contributed by atoms with Crippen LogP contribution in [0.4, 0.5) is 0 Å². The molecule has 1 N–H and O–H groups in total. The standard InChI is InChI=1S/C11H13NO4S/c1-7(10(13)14)6-17-9-8(11(15)16-2)4-3-5-12-9/h3-5,7H,6H2,1-2H3,(H,13,14). The number of aliphatic carboxylic acids is 1. The van der Waals surface area contributed by atoms with Crippen molar-refractivity contribution in [2.75, 3.05) is 12.9 Å². The number of rotatable bonds is 5. The molecule has 0 aromatic carbocycles.